The van der Waals surface area contributed by atoms with Gasteiger partial charge in [0, 0.05) is 0 Å². The van der Waals surface area contributed by atoms with Crippen molar-refractivity contribution in [3.05, 3.63) is 53.8 Å². The molecule has 0 spiro atoms. The molecule has 2 aromatic rings. The fraction of sp³-hybridized carbons (Fsp3) is 0.188. The fourth-order valence-electron chi connectivity index (χ4n) is 2.04. The van der Waals surface area contributed by atoms with E-state index in [4.69, 9.17) is 15.6 Å². The molecule has 0 bridgehead atoms. The first-order chi connectivity index (χ1) is 11.3. The molecule has 0 atom stereocenters. The van der Waals surface area contributed by atoms with Crippen molar-refractivity contribution < 1.29 is 27.4 Å². The van der Waals surface area contributed by atoms with Crippen molar-refractivity contribution >= 4 is 15.8 Å². The molecule has 0 unspecified atom stereocenters. The number of ether oxygens (including phenoxy) is 1. The number of hydrogen-bond donors (Lipinski definition) is 2. The predicted octanol–water partition coefficient (Wildman–Crippen LogP) is 1.62. The van der Waals surface area contributed by atoms with Crippen LogP contribution in [0.2, 0.25) is 0 Å². The zero-order chi connectivity index (χ0) is 17.7. The summed E-state index contributed by atoms with van der Waals surface area (Å²) in [5.74, 6) is -2.53. The number of aliphatic carboxylic acids is 1. The normalized spacial score (nSPS) is 11.2. The minimum absolute atomic E-state index is 0.0295. The Morgan fingerprint density at radius 1 is 1.12 bits per heavy atom. The van der Waals surface area contributed by atoms with Gasteiger partial charge in [0.25, 0.3) is 0 Å². The number of halogens is 1. The number of carboxylic acid groups (broad SMARTS) is 1. The van der Waals surface area contributed by atoms with Gasteiger partial charge in [-0.3, -0.25) is 0 Å². The van der Waals surface area contributed by atoms with Crippen LogP contribution in [0.4, 0.5) is 4.39 Å². The maximum Gasteiger partial charge on any atom is 0.341 e. The third-order valence-corrected chi connectivity index (χ3v) is 5.00. The second-order valence-electron chi connectivity index (χ2n) is 4.96. The summed E-state index contributed by atoms with van der Waals surface area (Å²) in [5.41, 5.74) is 6.34. The summed E-state index contributed by atoms with van der Waals surface area (Å²) >= 11 is 0. The summed E-state index contributed by atoms with van der Waals surface area (Å²) in [7, 11) is -3.88. The zero-order valence-electron chi connectivity index (χ0n) is 12.6. The Labute approximate surface area is 138 Å². The minimum Gasteiger partial charge on any atom is -0.479 e. The van der Waals surface area contributed by atoms with Gasteiger partial charge in [-0.15, -0.1) is 0 Å². The average Bonchev–Trinajstić information content (AvgIpc) is 2.54. The Hall–Kier alpha value is -2.45. The summed E-state index contributed by atoms with van der Waals surface area (Å²) in [5, 5.41) is 8.51. The van der Waals surface area contributed by atoms with Crippen LogP contribution in [0.1, 0.15) is 5.56 Å². The third kappa shape index (κ3) is 4.09. The third-order valence-electron chi connectivity index (χ3n) is 3.23. The van der Waals surface area contributed by atoms with E-state index in [9.17, 15) is 17.6 Å². The lowest BCUT2D eigenvalue weighted by molar-refractivity contribution is -0.139. The zero-order valence-corrected chi connectivity index (χ0v) is 13.4. The van der Waals surface area contributed by atoms with Crippen LogP contribution in [0.25, 0.3) is 0 Å². The first kappa shape index (κ1) is 17.9. The van der Waals surface area contributed by atoms with Gasteiger partial charge < -0.3 is 15.6 Å². The lowest BCUT2D eigenvalue weighted by Gasteiger charge is -2.09. The summed E-state index contributed by atoms with van der Waals surface area (Å²) in [4.78, 5) is 10.2. The molecule has 24 heavy (non-hydrogen) atoms. The topological polar surface area (TPSA) is 107 Å². The summed E-state index contributed by atoms with van der Waals surface area (Å²) in [6.45, 7) is -0.263. The first-order valence-corrected chi connectivity index (χ1v) is 8.51. The monoisotopic (exact) mass is 353 g/mol. The van der Waals surface area contributed by atoms with Crippen molar-refractivity contribution in [3.63, 3.8) is 0 Å². The summed E-state index contributed by atoms with van der Waals surface area (Å²) in [6.07, 6.45) is 0.630. The van der Waals surface area contributed by atoms with Gasteiger partial charge in [0.1, 0.15) is 0 Å². The van der Waals surface area contributed by atoms with Crippen molar-refractivity contribution in [1.82, 2.24) is 0 Å². The molecule has 0 fully saturated rings. The fourth-order valence-corrected chi connectivity index (χ4v) is 3.32. The number of carboxylic acids is 1. The highest BCUT2D eigenvalue weighted by Gasteiger charge is 2.20. The van der Waals surface area contributed by atoms with Crippen LogP contribution in [0.15, 0.2) is 52.3 Å². The smallest absolute Gasteiger partial charge is 0.341 e. The molecule has 0 saturated heterocycles. The number of hydrogen-bond acceptors (Lipinski definition) is 5. The molecule has 0 heterocycles. The Bertz CT molecular complexity index is 834. The van der Waals surface area contributed by atoms with Crippen molar-refractivity contribution in [3.8, 4) is 5.75 Å². The molecule has 0 aliphatic heterocycles. The van der Waals surface area contributed by atoms with Gasteiger partial charge >= 0.3 is 5.97 Å². The minimum atomic E-state index is -3.88. The van der Waals surface area contributed by atoms with Crippen LogP contribution in [-0.4, -0.2) is 32.6 Å². The van der Waals surface area contributed by atoms with Crippen molar-refractivity contribution in [2.75, 3.05) is 13.2 Å². The van der Waals surface area contributed by atoms with Gasteiger partial charge in [-0.2, -0.15) is 0 Å². The molecule has 3 N–H and O–H groups in total. The molecule has 2 rings (SSSR count). The summed E-state index contributed by atoms with van der Waals surface area (Å²) < 4.78 is 43.7. The van der Waals surface area contributed by atoms with E-state index in [1.54, 1.807) is 12.1 Å². The maximum absolute atomic E-state index is 13.9. The van der Waals surface area contributed by atoms with Crippen molar-refractivity contribution in [1.29, 1.82) is 0 Å². The van der Waals surface area contributed by atoms with Gasteiger partial charge in [-0.25, -0.2) is 17.6 Å². The highest BCUT2D eigenvalue weighted by molar-refractivity contribution is 7.91. The van der Waals surface area contributed by atoms with Gasteiger partial charge in [0.2, 0.25) is 9.84 Å². The predicted molar refractivity (Wildman–Crippen MR) is 84.2 cm³/mol. The van der Waals surface area contributed by atoms with E-state index in [1.807, 2.05) is 0 Å². The van der Waals surface area contributed by atoms with Crippen LogP contribution in [0, 0.1) is 5.82 Å². The lowest BCUT2D eigenvalue weighted by atomic mass is 10.2. The van der Waals surface area contributed by atoms with Gasteiger partial charge in [-0.1, -0.05) is 12.1 Å². The van der Waals surface area contributed by atoms with E-state index in [2.05, 4.69) is 0 Å². The molecular formula is C16H16FNO5S. The van der Waals surface area contributed by atoms with E-state index >= 15 is 0 Å². The molecule has 128 valence electrons. The molecule has 0 amide bonds. The molecule has 8 heteroatoms. The Morgan fingerprint density at radius 2 is 1.75 bits per heavy atom. The quantitative estimate of drug-likeness (QED) is 0.783. The lowest BCUT2D eigenvalue weighted by Crippen LogP contribution is -2.10. The van der Waals surface area contributed by atoms with E-state index in [-0.39, 0.29) is 15.5 Å². The van der Waals surface area contributed by atoms with E-state index < -0.39 is 28.2 Å². The SMILES string of the molecule is NCCc1ccc(S(=O)(=O)c2ccc(OCC(=O)O)c(F)c2)cc1. The Kier molecular flexibility index (Phi) is 5.53. The Morgan fingerprint density at radius 3 is 2.29 bits per heavy atom. The average molecular weight is 353 g/mol. The first-order valence-electron chi connectivity index (χ1n) is 7.03. The van der Waals surface area contributed by atoms with Crippen LogP contribution >= 0.6 is 0 Å². The second-order valence-corrected chi connectivity index (χ2v) is 6.91. The largest absolute Gasteiger partial charge is 0.479 e. The van der Waals surface area contributed by atoms with Crippen LogP contribution in [0.5, 0.6) is 5.75 Å². The number of nitrogens with two attached hydrogens (primary N) is 1. The molecule has 0 radical (unpaired) electrons. The number of sulfone groups is 1. The summed E-state index contributed by atoms with van der Waals surface area (Å²) in [6, 6.07) is 9.25. The molecule has 6 nitrogen and oxygen atoms in total. The van der Waals surface area contributed by atoms with E-state index in [0.717, 1.165) is 17.7 Å². The second kappa shape index (κ2) is 7.41. The van der Waals surface area contributed by atoms with E-state index in [1.165, 1.54) is 18.2 Å². The Balaban J connectivity index is 2.28. The van der Waals surface area contributed by atoms with Gasteiger partial charge in [-0.05, 0) is 48.9 Å². The standard InChI is InChI=1S/C16H16FNO5S/c17-14-9-13(5-6-15(14)23-10-16(19)20)24(21,22)12-3-1-11(2-4-12)7-8-18/h1-6,9H,7-8,10,18H2,(H,19,20). The molecule has 0 aromatic heterocycles. The van der Waals surface area contributed by atoms with E-state index in [0.29, 0.717) is 13.0 Å². The van der Waals surface area contributed by atoms with Crippen LogP contribution < -0.4 is 10.5 Å². The van der Waals surface area contributed by atoms with Crippen LogP contribution in [-0.2, 0) is 21.1 Å². The molecule has 0 saturated carbocycles. The maximum atomic E-state index is 13.9. The van der Waals surface area contributed by atoms with Crippen LogP contribution in [0.3, 0.4) is 0 Å². The highest BCUT2D eigenvalue weighted by Crippen LogP contribution is 2.26. The number of benzene rings is 2. The molecular weight excluding hydrogens is 337 g/mol. The highest BCUT2D eigenvalue weighted by atomic mass is 32.2. The molecule has 0 aliphatic carbocycles. The molecule has 0 aliphatic rings. The number of carbonyl (C=O) groups is 1. The van der Waals surface area contributed by atoms with Crippen molar-refractivity contribution in [2.45, 2.75) is 16.2 Å². The van der Waals surface area contributed by atoms with Gasteiger partial charge in [0.15, 0.2) is 18.2 Å². The molecule has 2 aromatic carbocycles. The number of rotatable bonds is 7. The van der Waals surface area contributed by atoms with Crippen molar-refractivity contribution in [2.24, 2.45) is 5.73 Å². The van der Waals surface area contributed by atoms with Gasteiger partial charge in [0.05, 0.1) is 9.79 Å².